The van der Waals surface area contributed by atoms with Gasteiger partial charge in [0, 0.05) is 7.05 Å². The molecule has 0 aromatic heterocycles. The van der Waals surface area contributed by atoms with Crippen molar-refractivity contribution in [1.29, 1.82) is 0 Å². The number of hydrogen-bond acceptors (Lipinski definition) is 2. The molecule has 0 bridgehead atoms. The van der Waals surface area contributed by atoms with Crippen LogP contribution in [0.25, 0.3) is 0 Å². The van der Waals surface area contributed by atoms with Crippen LogP contribution in [0.1, 0.15) is 34.1 Å². The topological polar surface area (TPSA) is 38.3 Å². The van der Waals surface area contributed by atoms with Gasteiger partial charge >= 0.3 is 0 Å². The van der Waals surface area contributed by atoms with Gasteiger partial charge in [-0.1, -0.05) is 6.92 Å². The third kappa shape index (κ3) is 4.27. The third-order valence-corrected chi connectivity index (χ3v) is 2.15. The molecule has 0 spiro atoms. The normalized spacial score (nSPS) is 13.9. The molecule has 1 N–H and O–H groups in total. The van der Waals surface area contributed by atoms with Gasteiger partial charge in [0.15, 0.2) is 0 Å². The van der Waals surface area contributed by atoms with Crippen LogP contribution in [0.15, 0.2) is 0 Å². The van der Waals surface area contributed by atoms with Crippen molar-refractivity contribution in [3.05, 3.63) is 0 Å². The Labute approximate surface area is 80.8 Å². The largest absolute Gasteiger partial charge is 0.377 e. The molecular formula is C10H21NO2. The Kier molecular flexibility index (Phi) is 4.99. The van der Waals surface area contributed by atoms with Crippen molar-refractivity contribution in [2.75, 3.05) is 13.7 Å². The van der Waals surface area contributed by atoms with E-state index in [0.29, 0.717) is 6.61 Å². The molecule has 0 saturated heterocycles. The van der Waals surface area contributed by atoms with Crippen LogP contribution in [0.3, 0.4) is 0 Å². The fourth-order valence-electron chi connectivity index (χ4n) is 0.872. The summed E-state index contributed by atoms with van der Waals surface area (Å²) in [5, 5.41) is 2.63. The summed E-state index contributed by atoms with van der Waals surface area (Å²) < 4.78 is 5.52. The van der Waals surface area contributed by atoms with Crippen LogP contribution in [-0.2, 0) is 9.53 Å². The average molecular weight is 187 g/mol. The molecule has 1 unspecified atom stereocenters. The highest BCUT2D eigenvalue weighted by atomic mass is 16.5. The standard InChI is InChI=1S/C10H21NO2/c1-6-8(2)13-7-10(3,4)9(12)11-5/h8H,6-7H2,1-5H3,(H,11,12). The predicted molar refractivity (Wildman–Crippen MR) is 53.6 cm³/mol. The molecule has 78 valence electrons. The summed E-state index contributed by atoms with van der Waals surface area (Å²) in [6.45, 7) is 8.32. The van der Waals surface area contributed by atoms with Crippen LogP contribution in [0.4, 0.5) is 0 Å². The van der Waals surface area contributed by atoms with Gasteiger partial charge in [-0.15, -0.1) is 0 Å². The van der Waals surface area contributed by atoms with E-state index in [4.69, 9.17) is 4.74 Å². The molecule has 1 amide bonds. The summed E-state index contributed by atoms with van der Waals surface area (Å²) in [6, 6.07) is 0. The summed E-state index contributed by atoms with van der Waals surface area (Å²) in [7, 11) is 1.65. The van der Waals surface area contributed by atoms with Crippen LogP contribution >= 0.6 is 0 Å². The first kappa shape index (κ1) is 12.4. The summed E-state index contributed by atoms with van der Waals surface area (Å²) in [6.07, 6.45) is 1.20. The maximum Gasteiger partial charge on any atom is 0.227 e. The molecule has 0 aliphatic heterocycles. The smallest absolute Gasteiger partial charge is 0.227 e. The van der Waals surface area contributed by atoms with E-state index in [0.717, 1.165) is 6.42 Å². The first-order chi connectivity index (χ1) is 5.94. The first-order valence-corrected chi connectivity index (χ1v) is 4.77. The van der Waals surface area contributed by atoms with Gasteiger partial charge in [0.1, 0.15) is 0 Å². The molecule has 0 fully saturated rings. The first-order valence-electron chi connectivity index (χ1n) is 4.77. The van der Waals surface area contributed by atoms with Gasteiger partial charge in [-0.2, -0.15) is 0 Å². The molecule has 3 heteroatoms. The van der Waals surface area contributed by atoms with Crippen LogP contribution < -0.4 is 5.32 Å². The number of ether oxygens (including phenoxy) is 1. The van der Waals surface area contributed by atoms with E-state index in [1.807, 2.05) is 20.8 Å². The van der Waals surface area contributed by atoms with Gasteiger partial charge in [-0.25, -0.2) is 0 Å². The fourth-order valence-corrected chi connectivity index (χ4v) is 0.872. The van der Waals surface area contributed by atoms with E-state index in [1.165, 1.54) is 0 Å². The Balaban J connectivity index is 3.95. The highest BCUT2D eigenvalue weighted by Crippen LogP contribution is 2.16. The Morgan fingerprint density at radius 1 is 1.54 bits per heavy atom. The van der Waals surface area contributed by atoms with Crippen LogP contribution in [0.2, 0.25) is 0 Å². The van der Waals surface area contributed by atoms with E-state index in [9.17, 15) is 4.79 Å². The van der Waals surface area contributed by atoms with E-state index in [1.54, 1.807) is 7.05 Å². The molecule has 0 aromatic carbocycles. The SMILES string of the molecule is CCC(C)OCC(C)(C)C(=O)NC. The van der Waals surface area contributed by atoms with E-state index >= 15 is 0 Å². The van der Waals surface area contributed by atoms with E-state index in [2.05, 4.69) is 12.2 Å². The van der Waals surface area contributed by atoms with Crippen LogP contribution in [0.5, 0.6) is 0 Å². The molecule has 0 aromatic rings. The van der Waals surface area contributed by atoms with Crippen molar-refractivity contribution in [3.63, 3.8) is 0 Å². The minimum absolute atomic E-state index is 0.0239. The monoisotopic (exact) mass is 187 g/mol. The molecule has 0 rings (SSSR count). The van der Waals surface area contributed by atoms with Crippen molar-refractivity contribution in [3.8, 4) is 0 Å². The van der Waals surface area contributed by atoms with Crippen molar-refractivity contribution in [2.24, 2.45) is 5.41 Å². The minimum atomic E-state index is -0.432. The van der Waals surface area contributed by atoms with Crippen LogP contribution in [0, 0.1) is 5.41 Å². The lowest BCUT2D eigenvalue weighted by atomic mass is 9.93. The summed E-state index contributed by atoms with van der Waals surface area (Å²) in [5.41, 5.74) is -0.432. The van der Waals surface area contributed by atoms with Gasteiger partial charge in [-0.3, -0.25) is 4.79 Å². The lowest BCUT2D eigenvalue weighted by Crippen LogP contribution is -2.38. The predicted octanol–water partition coefficient (Wildman–Crippen LogP) is 1.57. The third-order valence-electron chi connectivity index (χ3n) is 2.15. The van der Waals surface area contributed by atoms with Gasteiger partial charge in [0.2, 0.25) is 5.91 Å². The van der Waals surface area contributed by atoms with Crippen molar-refractivity contribution >= 4 is 5.91 Å². The molecule has 0 aliphatic carbocycles. The average Bonchev–Trinajstić information content (AvgIpc) is 2.12. The lowest BCUT2D eigenvalue weighted by molar-refractivity contribution is -0.133. The Morgan fingerprint density at radius 3 is 2.46 bits per heavy atom. The Morgan fingerprint density at radius 2 is 2.08 bits per heavy atom. The number of amides is 1. The molecular weight excluding hydrogens is 166 g/mol. The summed E-state index contributed by atoms with van der Waals surface area (Å²) >= 11 is 0. The lowest BCUT2D eigenvalue weighted by Gasteiger charge is -2.24. The minimum Gasteiger partial charge on any atom is -0.377 e. The summed E-state index contributed by atoms with van der Waals surface area (Å²) in [4.78, 5) is 11.3. The second kappa shape index (κ2) is 5.22. The van der Waals surface area contributed by atoms with Crippen molar-refractivity contribution < 1.29 is 9.53 Å². The zero-order chi connectivity index (χ0) is 10.5. The second-order valence-corrected chi connectivity index (χ2v) is 3.99. The highest BCUT2D eigenvalue weighted by molar-refractivity contribution is 5.81. The summed E-state index contributed by atoms with van der Waals surface area (Å²) in [5.74, 6) is 0.0239. The van der Waals surface area contributed by atoms with Gasteiger partial charge in [-0.05, 0) is 27.2 Å². The van der Waals surface area contributed by atoms with Gasteiger partial charge in [0.05, 0.1) is 18.1 Å². The zero-order valence-corrected chi connectivity index (χ0v) is 9.31. The quantitative estimate of drug-likeness (QED) is 0.709. The van der Waals surface area contributed by atoms with Gasteiger partial charge in [0.25, 0.3) is 0 Å². The molecule has 3 nitrogen and oxygen atoms in total. The van der Waals surface area contributed by atoms with E-state index in [-0.39, 0.29) is 12.0 Å². The molecule has 0 heterocycles. The Bertz CT molecular complexity index is 166. The highest BCUT2D eigenvalue weighted by Gasteiger charge is 2.27. The number of rotatable bonds is 5. The fraction of sp³-hybridized carbons (Fsp3) is 0.900. The molecule has 0 radical (unpaired) electrons. The molecule has 0 saturated carbocycles. The number of nitrogens with one attached hydrogen (secondary N) is 1. The Hall–Kier alpha value is -0.570. The maximum atomic E-state index is 11.3. The molecule has 1 atom stereocenters. The van der Waals surface area contributed by atoms with Crippen LogP contribution in [-0.4, -0.2) is 25.7 Å². The van der Waals surface area contributed by atoms with Gasteiger partial charge < -0.3 is 10.1 Å². The van der Waals surface area contributed by atoms with E-state index < -0.39 is 5.41 Å². The number of carbonyl (C=O) groups excluding carboxylic acids is 1. The molecule has 0 aliphatic rings. The maximum absolute atomic E-state index is 11.3. The van der Waals surface area contributed by atoms with Crippen molar-refractivity contribution in [2.45, 2.75) is 40.2 Å². The zero-order valence-electron chi connectivity index (χ0n) is 9.31. The number of carbonyl (C=O) groups is 1. The molecule has 13 heavy (non-hydrogen) atoms. The van der Waals surface area contributed by atoms with Crippen molar-refractivity contribution in [1.82, 2.24) is 5.32 Å². The number of hydrogen-bond donors (Lipinski definition) is 1. The second-order valence-electron chi connectivity index (χ2n) is 3.99.